The first-order valence-corrected chi connectivity index (χ1v) is 4.04. The van der Waals surface area contributed by atoms with Gasteiger partial charge >= 0.3 is 0 Å². The highest BCUT2D eigenvalue weighted by atomic mass is 16.3. The lowest BCUT2D eigenvalue weighted by Gasteiger charge is -2.12. The fourth-order valence-electron chi connectivity index (χ4n) is 1.02. The van der Waals surface area contributed by atoms with Crippen molar-refractivity contribution in [2.45, 2.75) is 13.0 Å². The van der Waals surface area contributed by atoms with Gasteiger partial charge in [-0.05, 0) is 24.6 Å². The third-order valence-electron chi connectivity index (χ3n) is 1.73. The summed E-state index contributed by atoms with van der Waals surface area (Å²) < 4.78 is 0. The molecule has 0 aliphatic carbocycles. The van der Waals surface area contributed by atoms with Crippen LogP contribution in [0.25, 0.3) is 0 Å². The summed E-state index contributed by atoms with van der Waals surface area (Å²) in [4.78, 5) is 14.7. The van der Waals surface area contributed by atoms with Crippen LogP contribution in [0.15, 0.2) is 24.5 Å². The molecule has 1 heterocycles. The highest BCUT2D eigenvalue weighted by Gasteiger charge is 2.07. The van der Waals surface area contributed by atoms with Gasteiger partial charge in [0.2, 0.25) is 5.91 Å². The predicted molar refractivity (Wildman–Crippen MR) is 47.9 cm³/mol. The van der Waals surface area contributed by atoms with Crippen LogP contribution in [0.3, 0.4) is 0 Å². The minimum Gasteiger partial charge on any atom is -0.387 e. The second-order valence-electron chi connectivity index (χ2n) is 2.73. The van der Waals surface area contributed by atoms with Gasteiger partial charge in [-0.1, -0.05) is 0 Å². The molecule has 0 spiro atoms. The Kier molecular flexibility index (Phi) is 3.40. The standard InChI is InChI=1S/C9H12N2O2/c1-7(11-9(13)6-12)8-2-4-10-5-3-8/h2-5,7,12H,6H2,1H3,(H,11,13). The monoisotopic (exact) mass is 180 g/mol. The number of carbonyl (C=O) groups excluding carboxylic acids is 1. The maximum Gasteiger partial charge on any atom is 0.246 e. The Labute approximate surface area is 76.6 Å². The van der Waals surface area contributed by atoms with E-state index < -0.39 is 6.61 Å². The molecule has 0 saturated carbocycles. The molecule has 0 aromatic carbocycles. The van der Waals surface area contributed by atoms with E-state index >= 15 is 0 Å². The minimum atomic E-state index is -0.477. The van der Waals surface area contributed by atoms with Crippen molar-refractivity contribution in [2.24, 2.45) is 0 Å². The Bertz CT molecular complexity index is 274. The lowest BCUT2D eigenvalue weighted by molar-refractivity contribution is -0.124. The largest absolute Gasteiger partial charge is 0.387 e. The second kappa shape index (κ2) is 4.57. The Hall–Kier alpha value is -1.42. The normalized spacial score (nSPS) is 12.2. The van der Waals surface area contributed by atoms with Crippen LogP contribution in [0.4, 0.5) is 0 Å². The molecule has 2 N–H and O–H groups in total. The molecule has 0 bridgehead atoms. The van der Waals surface area contributed by atoms with E-state index in [9.17, 15) is 4.79 Å². The van der Waals surface area contributed by atoms with E-state index in [0.717, 1.165) is 5.56 Å². The molecule has 13 heavy (non-hydrogen) atoms. The van der Waals surface area contributed by atoms with Crippen LogP contribution >= 0.6 is 0 Å². The molecule has 0 saturated heterocycles. The Morgan fingerprint density at radius 3 is 2.77 bits per heavy atom. The van der Waals surface area contributed by atoms with Gasteiger partial charge in [0, 0.05) is 12.4 Å². The van der Waals surface area contributed by atoms with Crippen molar-refractivity contribution in [2.75, 3.05) is 6.61 Å². The van der Waals surface area contributed by atoms with E-state index in [1.54, 1.807) is 12.4 Å². The van der Waals surface area contributed by atoms with Crippen molar-refractivity contribution >= 4 is 5.91 Å². The predicted octanol–water partition coefficient (Wildman–Crippen LogP) is 0.251. The van der Waals surface area contributed by atoms with Gasteiger partial charge in [-0.2, -0.15) is 0 Å². The number of rotatable bonds is 3. The van der Waals surface area contributed by atoms with Gasteiger partial charge in [0.1, 0.15) is 6.61 Å². The lowest BCUT2D eigenvalue weighted by Crippen LogP contribution is -2.28. The third-order valence-corrected chi connectivity index (χ3v) is 1.73. The van der Waals surface area contributed by atoms with Gasteiger partial charge in [-0.15, -0.1) is 0 Å². The molecule has 70 valence electrons. The fourth-order valence-corrected chi connectivity index (χ4v) is 1.02. The van der Waals surface area contributed by atoms with E-state index in [1.165, 1.54) is 0 Å². The molecule has 1 rings (SSSR count). The van der Waals surface area contributed by atoms with Crippen LogP contribution in [-0.2, 0) is 4.79 Å². The summed E-state index contributed by atoms with van der Waals surface area (Å²) in [6.07, 6.45) is 3.33. The average Bonchev–Trinajstić information content (AvgIpc) is 2.19. The molecule has 1 unspecified atom stereocenters. The molecule has 1 atom stereocenters. The molecule has 1 amide bonds. The number of aromatic nitrogens is 1. The number of carbonyl (C=O) groups is 1. The lowest BCUT2D eigenvalue weighted by atomic mass is 10.1. The van der Waals surface area contributed by atoms with Crippen molar-refractivity contribution < 1.29 is 9.90 Å². The van der Waals surface area contributed by atoms with Crippen LogP contribution in [0.1, 0.15) is 18.5 Å². The topological polar surface area (TPSA) is 62.2 Å². The summed E-state index contributed by atoms with van der Waals surface area (Å²) in [5.74, 6) is -0.371. The van der Waals surface area contributed by atoms with Gasteiger partial charge in [-0.25, -0.2) is 0 Å². The van der Waals surface area contributed by atoms with Crippen molar-refractivity contribution in [1.82, 2.24) is 10.3 Å². The Morgan fingerprint density at radius 1 is 1.62 bits per heavy atom. The fraction of sp³-hybridized carbons (Fsp3) is 0.333. The van der Waals surface area contributed by atoms with Crippen LogP contribution in [-0.4, -0.2) is 22.6 Å². The maximum atomic E-state index is 10.8. The average molecular weight is 180 g/mol. The summed E-state index contributed by atoms with van der Waals surface area (Å²) in [5, 5.41) is 11.1. The van der Waals surface area contributed by atoms with Gasteiger partial charge in [0.05, 0.1) is 6.04 Å². The van der Waals surface area contributed by atoms with Crippen molar-refractivity contribution in [3.8, 4) is 0 Å². The molecule has 4 nitrogen and oxygen atoms in total. The first-order chi connectivity index (χ1) is 6.24. The molecule has 1 aromatic rings. The first-order valence-electron chi connectivity index (χ1n) is 4.04. The number of hydrogen-bond donors (Lipinski definition) is 2. The zero-order valence-corrected chi connectivity index (χ0v) is 7.40. The SMILES string of the molecule is CC(NC(=O)CO)c1ccncc1. The maximum absolute atomic E-state index is 10.8. The number of amides is 1. The highest BCUT2D eigenvalue weighted by Crippen LogP contribution is 2.09. The summed E-state index contributed by atoms with van der Waals surface area (Å²) >= 11 is 0. The molecular formula is C9H12N2O2. The first kappa shape index (κ1) is 9.67. The summed E-state index contributed by atoms with van der Waals surface area (Å²) in [5.41, 5.74) is 0.969. The van der Waals surface area contributed by atoms with Crippen LogP contribution in [0.5, 0.6) is 0 Å². The molecule has 0 fully saturated rings. The Morgan fingerprint density at radius 2 is 2.23 bits per heavy atom. The minimum absolute atomic E-state index is 0.0948. The smallest absolute Gasteiger partial charge is 0.246 e. The highest BCUT2D eigenvalue weighted by molar-refractivity contribution is 5.77. The van der Waals surface area contributed by atoms with E-state index in [2.05, 4.69) is 10.3 Å². The van der Waals surface area contributed by atoms with Crippen molar-refractivity contribution in [1.29, 1.82) is 0 Å². The van der Waals surface area contributed by atoms with E-state index in [-0.39, 0.29) is 11.9 Å². The third kappa shape index (κ3) is 2.83. The number of aliphatic hydroxyl groups is 1. The molecule has 1 aromatic heterocycles. The summed E-state index contributed by atoms with van der Waals surface area (Å²) in [6, 6.07) is 3.55. The number of hydrogen-bond acceptors (Lipinski definition) is 3. The molecule has 4 heteroatoms. The molecule has 0 radical (unpaired) electrons. The van der Waals surface area contributed by atoms with Crippen LogP contribution in [0, 0.1) is 0 Å². The molecule has 0 aliphatic heterocycles. The number of nitrogens with one attached hydrogen (secondary N) is 1. The van der Waals surface area contributed by atoms with Gasteiger partial charge in [-0.3, -0.25) is 9.78 Å². The van der Waals surface area contributed by atoms with Crippen LogP contribution < -0.4 is 5.32 Å². The second-order valence-corrected chi connectivity index (χ2v) is 2.73. The van der Waals surface area contributed by atoms with E-state index in [1.807, 2.05) is 19.1 Å². The quantitative estimate of drug-likeness (QED) is 0.701. The molecule has 0 aliphatic rings. The number of pyridine rings is 1. The number of nitrogens with zero attached hydrogens (tertiary/aromatic N) is 1. The molecular weight excluding hydrogens is 168 g/mol. The van der Waals surface area contributed by atoms with E-state index in [0.29, 0.717) is 0 Å². The zero-order chi connectivity index (χ0) is 9.68. The van der Waals surface area contributed by atoms with Gasteiger partial charge < -0.3 is 10.4 Å². The van der Waals surface area contributed by atoms with Gasteiger partial charge in [0.25, 0.3) is 0 Å². The zero-order valence-electron chi connectivity index (χ0n) is 7.40. The van der Waals surface area contributed by atoms with Crippen LogP contribution in [0.2, 0.25) is 0 Å². The van der Waals surface area contributed by atoms with E-state index in [4.69, 9.17) is 5.11 Å². The van der Waals surface area contributed by atoms with Gasteiger partial charge in [0.15, 0.2) is 0 Å². The Balaban J connectivity index is 2.59. The van der Waals surface area contributed by atoms with Crippen molar-refractivity contribution in [3.63, 3.8) is 0 Å². The number of aliphatic hydroxyl groups excluding tert-OH is 1. The summed E-state index contributed by atoms with van der Waals surface area (Å²) in [7, 11) is 0. The summed E-state index contributed by atoms with van der Waals surface area (Å²) in [6.45, 7) is 1.37. The van der Waals surface area contributed by atoms with Crippen molar-refractivity contribution in [3.05, 3.63) is 30.1 Å².